The van der Waals surface area contributed by atoms with Crippen LogP contribution in [0.15, 0.2) is 18.2 Å². The van der Waals surface area contributed by atoms with Crippen LogP contribution in [0.5, 0.6) is 0 Å². The Balaban J connectivity index is 2.18. The normalized spacial score (nSPS) is 24.3. The van der Waals surface area contributed by atoms with Gasteiger partial charge in [-0.3, -0.25) is 4.90 Å². The summed E-state index contributed by atoms with van der Waals surface area (Å²) in [6.07, 6.45) is -4.89. The summed E-state index contributed by atoms with van der Waals surface area (Å²) >= 11 is 0. The van der Waals surface area contributed by atoms with E-state index in [1.54, 1.807) is 0 Å². The molecule has 118 valence electrons. The fraction of sp³-hybridized carbons (Fsp3) is 0.571. The summed E-state index contributed by atoms with van der Waals surface area (Å²) in [5.41, 5.74) is -0.867. The molecule has 1 aromatic rings. The Morgan fingerprint density at radius 1 is 1.38 bits per heavy atom. The van der Waals surface area contributed by atoms with Gasteiger partial charge in [0.1, 0.15) is 5.82 Å². The third kappa shape index (κ3) is 3.93. The standard InChI is InChI=1S/C14H17F4NO2/c1-9-8-21-12(7-20)6-19(9)5-10-4-11(14(16,17)18)2-3-13(10)15/h2-4,9,12,20H,5-8H2,1H3/t9-,12-/m1/s1. The number of aliphatic hydroxyl groups excluding tert-OH is 1. The Hall–Kier alpha value is -1.18. The van der Waals surface area contributed by atoms with Crippen molar-refractivity contribution >= 4 is 0 Å². The van der Waals surface area contributed by atoms with Gasteiger partial charge in [-0.25, -0.2) is 4.39 Å². The topological polar surface area (TPSA) is 32.7 Å². The molecule has 1 heterocycles. The smallest absolute Gasteiger partial charge is 0.394 e. The van der Waals surface area contributed by atoms with Gasteiger partial charge in [0.15, 0.2) is 0 Å². The molecular weight excluding hydrogens is 290 g/mol. The van der Waals surface area contributed by atoms with Crippen LogP contribution in [0, 0.1) is 5.82 Å². The summed E-state index contributed by atoms with van der Waals surface area (Å²) < 4.78 is 57.1. The van der Waals surface area contributed by atoms with E-state index in [4.69, 9.17) is 9.84 Å². The zero-order valence-electron chi connectivity index (χ0n) is 11.5. The average molecular weight is 307 g/mol. The quantitative estimate of drug-likeness (QED) is 0.871. The Kier molecular flexibility index (Phi) is 4.85. The average Bonchev–Trinajstić information content (AvgIpc) is 2.42. The van der Waals surface area contributed by atoms with E-state index in [2.05, 4.69) is 0 Å². The summed E-state index contributed by atoms with van der Waals surface area (Å²) in [7, 11) is 0. The highest BCUT2D eigenvalue weighted by atomic mass is 19.4. The summed E-state index contributed by atoms with van der Waals surface area (Å²) in [5.74, 6) is -0.665. The lowest BCUT2D eigenvalue weighted by atomic mass is 10.1. The predicted octanol–water partition coefficient (Wildman–Crippen LogP) is 2.43. The van der Waals surface area contributed by atoms with Crippen molar-refractivity contribution in [2.24, 2.45) is 0 Å². The van der Waals surface area contributed by atoms with E-state index in [0.29, 0.717) is 13.2 Å². The maximum absolute atomic E-state index is 13.7. The molecule has 1 aliphatic rings. The van der Waals surface area contributed by atoms with E-state index in [9.17, 15) is 17.6 Å². The second-order valence-electron chi connectivity index (χ2n) is 5.22. The molecule has 2 rings (SSSR count). The van der Waals surface area contributed by atoms with Gasteiger partial charge in [-0.2, -0.15) is 13.2 Å². The molecule has 0 radical (unpaired) electrons. The molecule has 0 saturated carbocycles. The first-order valence-electron chi connectivity index (χ1n) is 6.63. The predicted molar refractivity (Wildman–Crippen MR) is 68.1 cm³/mol. The Bertz CT molecular complexity index is 492. The van der Waals surface area contributed by atoms with Gasteiger partial charge in [-0.1, -0.05) is 0 Å². The Morgan fingerprint density at radius 2 is 2.10 bits per heavy atom. The van der Waals surface area contributed by atoms with Gasteiger partial charge in [0.05, 0.1) is 24.9 Å². The van der Waals surface area contributed by atoms with Crippen molar-refractivity contribution in [1.29, 1.82) is 0 Å². The summed E-state index contributed by atoms with van der Waals surface area (Å²) in [5, 5.41) is 9.09. The number of rotatable bonds is 3. The van der Waals surface area contributed by atoms with Gasteiger partial charge in [-0.15, -0.1) is 0 Å². The molecule has 1 aliphatic heterocycles. The minimum absolute atomic E-state index is 0.00438. The molecule has 1 N–H and O–H groups in total. The van der Waals surface area contributed by atoms with Crippen molar-refractivity contribution < 1.29 is 27.4 Å². The number of alkyl halides is 3. The monoisotopic (exact) mass is 307 g/mol. The molecular formula is C14H17F4NO2. The first kappa shape index (κ1) is 16.2. The van der Waals surface area contributed by atoms with Crippen molar-refractivity contribution in [3.8, 4) is 0 Å². The van der Waals surface area contributed by atoms with E-state index in [1.807, 2.05) is 11.8 Å². The maximum Gasteiger partial charge on any atom is 0.416 e. The van der Waals surface area contributed by atoms with E-state index in [1.165, 1.54) is 0 Å². The molecule has 0 aliphatic carbocycles. The third-order valence-electron chi connectivity index (χ3n) is 3.58. The van der Waals surface area contributed by atoms with Crippen molar-refractivity contribution in [3.63, 3.8) is 0 Å². The summed E-state index contributed by atoms with van der Waals surface area (Å²) in [6, 6.07) is 2.36. The van der Waals surface area contributed by atoms with Crippen molar-refractivity contribution in [2.75, 3.05) is 19.8 Å². The fourth-order valence-electron chi connectivity index (χ4n) is 2.30. The number of ether oxygens (including phenoxy) is 1. The minimum atomic E-state index is -4.49. The number of halogens is 4. The molecule has 0 bridgehead atoms. The highest BCUT2D eigenvalue weighted by Crippen LogP contribution is 2.31. The first-order valence-corrected chi connectivity index (χ1v) is 6.63. The number of hydrogen-bond acceptors (Lipinski definition) is 3. The Labute approximate surface area is 120 Å². The summed E-state index contributed by atoms with van der Waals surface area (Å²) in [6.45, 7) is 2.43. The third-order valence-corrected chi connectivity index (χ3v) is 3.58. The van der Waals surface area contributed by atoms with Crippen LogP contribution in [0.3, 0.4) is 0 Å². The number of aliphatic hydroxyl groups is 1. The van der Waals surface area contributed by atoms with Crippen LogP contribution in [0.1, 0.15) is 18.1 Å². The Morgan fingerprint density at radius 3 is 2.71 bits per heavy atom. The molecule has 2 atom stereocenters. The molecule has 3 nitrogen and oxygen atoms in total. The molecule has 7 heteroatoms. The van der Waals surface area contributed by atoms with E-state index < -0.39 is 23.7 Å². The molecule has 0 unspecified atom stereocenters. The number of morpholine rings is 1. The van der Waals surface area contributed by atoms with Gasteiger partial charge in [0, 0.05) is 24.7 Å². The lowest BCUT2D eigenvalue weighted by Crippen LogP contribution is -2.48. The fourth-order valence-corrected chi connectivity index (χ4v) is 2.30. The molecule has 21 heavy (non-hydrogen) atoms. The zero-order chi connectivity index (χ0) is 15.6. The van der Waals surface area contributed by atoms with Crippen LogP contribution in [-0.2, 0) is 17.5 Å². The molecule has 1 fully saturated rings. The largest absolute Gasteiger partial charge is 0.416 e. The van der Waals surface area contributed by atoms with Gasteiger partial charge in [-0.05, 0) is 25.1 Å². The molecule has 1 aromatic carbocycles. The number of benzene rings is 1. The lowest BCUT2D eigenvalue weighted by Gasteiger charge is -2.37. The number of hydrogen-bond donors (Lipinski definition) is 1. The molecule has 0 amide bonds. The highest BCUT2D eigenvalue weighted by molar-refractivity contribution is 5.27. The van der Waals surface area contributed by atoms with Crippen molar-refractivity contribution in [2.45, 2.75) is 31.8 Å². The molecule has 0 aromatic heterocycles. The van der Waals surface area contributed by atoms with E-state index >= 15 is 0 Å². The SMILES string of the molecule is C[C@@H]1CO[C@@H](CO)CN1Cc1cc(C(F)(F)F)ccc1F. The van der Waals surface area contributed by atoms with Gasteiger partial charge >= 0.3 is 6.18 Å². The van der Waals surface area contributed by atoms with Crippen LogP contribution >= 0.6 is 0 Å². The van der Waals surface area contributed by atoms with Crippen LogP contribution in [0.2, 0.25) is 0 Å². The number of nitrogens with zero attached hydrogens (tertiary/aromatic N) is 1. The van der Waals surface area contributed by atoms with E-state index in [0.717, 1.165) is 18.2 Å². The molecule has 0 spiro atoms. The first-order chi connectivity index (χ1) is 9.81. The van der Waals surface area contributed by atoms with E-state index in [-0.39, 0.29) is 24.8 Å². The minimum Gasteiger partial charge on any atom is -0.394 e. The van der Waals surface area contributed by atoms with Crippen molar-refractivity contribution in [1.82, 2.24) is 4.90 Å². The van der Waals surface area contributed by atoms with Crippen LogP contribution < -0.4 is 0 Å². The molecule has 1 saturated heterocycles. The van der Waals surface area contributed by atoms with Crippen molar-refractivity contribution in [3.05, 3.63) is 35.1 Å². The van der Waals surface area contributed by atoms with Gasteiger partial charge < -0.3 is 9.84 Å². The second kappa shape index (κ2) is 6.29. The van der Waals surface area contributed by atoms with Crippen LogP contribution in [0.4, 0.5) is 17.6 Å². The van der Waals surface area contributed by atoms with Crippen LogP contribution in [-0.4, -0.2) is 41.9 Å². The highest BCUT2D eigenvalue weighted by Gasteiger charge is 2.32. The lowest BCUT2D eigenvalue weighted by molar-refractivity contribution is -0.137. The second-order valence-corrected chi connectivity index (χ2v) is 5.22. The van der Waals surface area contributed by atoms with Gasteiger partial charge in [0.25, 0.3) is 0 Å². The van der Waals surface area contributed by atoms with Crippen LogP contribution in [0.25, 0.3) is 0 Å². The summed E-state index contributed by atoms with van der Waals surface area (Å²) in [4.78, 5) is 1.81. The van der Waals surface area contributed by atoms with Gasteiger partial charge in [0.2, 0.25) is 0 Å². The zero-order valence-corrected chi connectivity index (χ0v) is 11.5. The maximum atomic E-state index is 13.7.